The Morgan fingerprint density at radius 3 is 2.65 bits per heavy atom. The molecule has 2 aromatic rings. The molecule has 0 unspecified atom stereocenters. The molecule has 1 aromatic carbocycles. The fourth-order valence-electron chi connectivity index (χ4n) is 1.63. The molecule has 0 bridgehead atoms. The summed E-state index contributed by atoms with van der Waals surface area (Å²) in [7, 11) is 0. The molecule has 0 spiro atoms. The van der Waals surface area contributed by atoms with Gasteiger partial charge in [0.1, 0.15) is 5.58 Å². The summed E-state index contributed by atoms with van der Waals surface area (Å²) in [6, 6.07) is 5.89. The first kappa shape index (κ1) is 13.8. The quantitative estimate of drug-likeness (QED) is 0.722. The topological polar surface area (TPSA) is 117 Å². The smallest absolute Gasteiger partial charge is 0.328 e. The summed E-state index contributed by atoms with van der Waals surface area (Å²) in [6.45, 7) is -0.765. The zero-order chi connectivity index (χ0) is 14.7. The van der Waals surface area contributed by atoms with Gasteiger partial charge in [-0.25, -0.2) is 4.79 Å². The monoisotopic (exact) mass is 277 g/mol. The Bertz CT molecular complexity index is 720. The summed E-state index contributed by atoms with van der Waals surface area (Å²) in [5, 5.41) is 19.9. The van der Waals surface area contributed by atoms with Gasteiger partial charge in [0.25, 0.3) is 5.91 Å². The molecule has 0 saturated heterocycles. The standard InChI is InChI=1S/C13H11NO6/c15-6-8(13(18)19)14-12(17)11-5-9(16)7-3-1-2-4-10(7)20-11/h1-5,8,15H,6H2,(H,14,17)(H,18,19)/t8-/m0/s1. The lowest BCUT2D eigenvalue weighted by atomic mass is 10.2. The van der Waals surface area contributed by atoms with Crippen LogP contribution in [0.3, 0.4) is 0 Å². The molecule has 1 atom stereocenters. The molecule has 1 amide bonds. The third kappa shape index (κ3) is 2.67. The largest absolute Gasteiger partial charge is 0.480 e. The minimum atomic E-state index is -1.46. The number of carboxylic acids is 1. The highest BCUT2D eigenvalue weighted by Gasteiger charge is 2.21. The third-order valence-corrected chi connectivity index (χ3v) is 2.64. The summed E-state index contributed by atoms with van der Waals surface area (Å²) in [6.07, 6.45) is 0. The van der Waals surface area contributed by atoms with Gasteiger partial charge in [-0.05, 0) is 12.1 Å². The summed E-state index contributed by atoms with van der Waals surface area (Å²) in [4.78, 5) is 34.3. The number of aliphatic hydroxyl groups excluding tert-OH is 1. The van der Waals surface area contributed by atoms with Gasteiger partial charge in [0.05, 0.1) is 12.0 Å². The maximum atomic E-state index is 11.8. The van der Waals surface area contributed by atoms with Gasteiger partial charge in [-0.15, -0.1) is 0 Å². The Morgan fingerprint density at radius 1 is 1.30 bits per heavy atom. The van der Waals surface area contributed by atoms with E-state index in [4.69, 9.17) is 14.6 Å². The first-order valence-electron chi connectivity index (χ1n) is 5.70. The number of aliphatic carboxylic acids is 1. The van der Waals surface area contributed by atoms with Gasteiger partial charge in [-0.1, -0.05) is 12.1 Å². The van der Waals surface area contributed by atoms with Crippen LogP contribution in [0.1, 0.15) is 10.6 Å². The lowest BCUT2D eigenvalue weighted by Gasteiger charge is -2.10. The van der Waals surface area contributed by atoms with Crippen LogP contribution in [0, 0.1) is 0 Å². The van der Waals surface area contributed by atoms with E-state index in [1.807, 2.05) is 0 Å². The molecule has 2 rings (SSSR count). The molecule has 7 heteroatoms. The molecular formula is C13H11NO6. The molecule has 0 aliphatic heterocycles. The number of para-hydroxylation sites is 1. The van der Waals surface area contributed by atoms with Gasteiger partial charge in [0.2, 0.25) is 0 Å². The van der Waals surface area contributed by atoms with E-state index in [1.165, 1.54) is 6.07 Å². The van der Waals surface area contributed by atoms with E-state index in [9.17, 15) is 14.4 Å². The SMILES string of the molecule is O=C(N[C@@H](CO)C(=O)O)c1cc(=O)c2ccccc2o1. The number of carboxylic acid groups (broad SMARTS) is 1. The van der Waals surface area contributed by atoms with Crippen LogP contribution < -0.4 is 10.7 Å². The van der Waals surface area contributed by atoms with Crippen molar-refractivity contribution in [2.75, 3.05) is 6.61 Å². The summed E-state index contributed by atoms with van der Waals surface area (Å²) in [5.41, 5.74) is -0.186. The van der Waals surface area contributed by atoms with Crippen molar-refractivity contribution < 1.29 is 24.2 Å². The van der Waals surface area contributed by atoms with Gasteiger partial charge in [0, 0.05) is 6.07 Å². The van der Waals surface area contributed by atoms with E-state index in [1.54, 1.807) is 18.2 Å². The average Bonchev–Trinajstić information content (AvgIpc) is 2.44. The van der Waals surface area contributed by atoms with E-state index in [-0.39, 0.29) is 11.3 Å². The highest BCUT2D eigenvalue weighted by molar-refractivity contribution is 5.95. The number of amides is 1. The first-order chi connectivity index (χ1) is 9.52. The van der Waals surface area contributed by atoms with E-state index in [0.29, 0.717) is 5.39 Å². The van der Waals surface area contributed by atoms with Gasteiger partial charge < -0.3 is 19.9 Å². The van der Waals surface area contributed by atoms with Gasteiger partial charge in [-0.2, -0.15) is 0 Å². The van der Waals surface area contributed by atoms with Crippen LogP contribution in [0.15, 0.2) is 39.5 Å². The highest BCUT2D eigenvalue weighted by Crippen LogP contribution is 2.11. The Hall–Kier alpha value is -2.67. The van der Waals surface area contributed by atoms with Crippen molar-refractivity contribution in [2.45, 2.75) is 6.04 Å². The number of rotatable bonds is 4. The number of carbonyl (C=O) groups excluding carboxylic acids is 1. The Labute approximate surface area is 112 Å². The summed E-state index contributed by atoms with van der Waals surface area (Å²) < 4.78 is 5.24. The number of nitrogens with one attached hydrogen (secondary N) is 1. The number of aliphatic hydroxyl groups is 1. The van der Waals surface area contributed by atoms with E-state index < -0.39 is 30.0 Å². The second-order valence-electron chi connectivity index (χ2n) is 4.02. The lowest BCUT2D eigenvalue weighted by molar-refractivity contribution is -0.140. The molecule has 20 heavy (non-hydrogen) atoms. The zero-order valence-corrected chi connectivity index (χ0v) is 10.2. The van der Waals surface area contributed by atoms with Crippen LogP contribution in [0.5, 0.6) is 0 Å². The predicted octanol–water partition coefficient (Wildman–Crippen LogP) is -0.0317. The average molecular weight is 277 g/mol. The van der Waals surface area contributed by atoms with E-state index in [2.05, 4.69) is 5.32 Å². The second kappa shape index (κ2) is 5.54. The van der Waals surface area contributed by atoms with Crippen molar-refractivity contribution in [3.63, 3.8) is 0 Å². The van der Waals surface area contributed by atoms with Crippen LogP contribution in [0.25, 0.3) is 11.0 Å². The molecular weight excluding hydrogens is 266 g/mol. The Morgan fingerprint density at radius 2 is 2.00 bits per heavy atom. The van der Waals surface area contributed by atoms with E-state index >= 15 is 0 Å². The third-order valence-electron chi connectivity index (χ3n) is 2.64. The zero-order valence-electron chi connectivity index (χ0n) is 10.2. The minimum Gasteiger partial charge on any atom is -0.480 e. The molecule has 3 N–H and O–H groups in total. The fraction of sp³-hybridized carbons (Fsp3) is 0.154. The highest BCUT2D eigenvalue weighted by atomic mass is 16.4. The molecule has 0 radical (unpaired) electrons. The van der Waals surface area contributed by atoms with Crippen LogP contribution in [-0.4, -0.2) is 34.7 Å². The van der Waals surface area contributed by atoms with Crippen molar-refractivity contribution in [3.05, 3.63) is 46.3 Å². The predicted molar refractivity (Wildman–Crippen MR) is 68.5 cm³/mol. The molecule has 104 valence electrons. The fourth-order valence-corrected chi connectivity index (χ4v) is 1.63. The molecule has 1 aromatic heterocycles. The van der Waals surface area contributed by atoms with Crippen LogP contribution in [-0.2, 0) is 4.79 Å². The summed E-state index contributed by atoms with van der Waals surface area (Å²) >= 11 is 0. The number of carbonyl (C=O) groups is 2. The van der Waals surface area contributed by atoms with Crippen LogP contribution in [0.4, 0.5) is 0 Å². The normalized spacial score (nSPS) is 12.1. The van der Waals surface area contributed by atoms with E-state index in [0.717, 1.165) is 6.07 Å². The van der Waals surface area contributed by atoms with Gasteiger partial charge in [0.15, 0.2) is 17.2 Å². The maximum Gasteiger partial charge on any atom is 0.328 e. The van der Waals surface area contributed by atoms with Crippen molar-refractivity contribution in [1.82, 2.24) is 5.32 Å². The number of benzene rings is 1. The van der Waals surface area contributed by atoms with Crippen molar-refractivity contribution in [3.8, 4) is 0 Å². The number of hydrogen-bond donors (Lipinski definition) is 3. The van der Waals surface area contributed by atoms with Crippen molar-refractivity contribution in [1.29, 1.82) is 0 Å². The molecule has 0 aliphatic carbocycles. The van der Waals surface area contributed by atoms with Crippen LogP contribution in [0.2, 0.25) is 0 Å². The number of hydrogen-bond acceptors (Lipinski definition) is 5. The van der Waals surface area contributed by atoms with Gasteiger partial charge >= 0.3 is 5.97 Å². The Balaban J connectivity index is 2.36. The molecule has 0 fully saturated rings. The molecule has 7 nitrogen and oxygen atoms in total. The first-order valence-corrected chi connectivity index (χ1v) is 5.70. The second-order valence-corrected chi connectivity index (χ2v) is 4.02. The molecule has 0 aliphatic rings. The lowest BCUT2D eigenvalue weighted by Crippen LogP contribution is -2.43. The van der Waals surface area contributed by atoms with Crippen molar-refractivity contribution >= 4 is 22.8 Å². The Kier molecular flexibility index (Phi) is 3.81. The number of fused-ring (bicyclic) bond motifs is 1. The van der Waals surface area contributed by atoms with Crippen molar-refractivity contribution in [2.24, 2.45) is 0 Å². The minimum absolute atomic E-state index is 0.223. The molecule has 1 heterocycles. The maximum absolute atomic E-state index is 11.8. The van der Waals surface area contributed by atoms with Crippen LogP contribution >= 0.6 is 0 Å². The van der Waals surface area contributed by atoms with Gasteiger partial charge in [-0.3, -0.25) is 9.59 Å². The summed E-state index contributed by atoms with van der Waals surface area (Å²) in [5.74, 6) is -2.58. The molecule has 0 saturated carbocycles.